The first-order chi connectivity index (χ1) is 3.41. The van der Waals surface area contributed by atoms with Crippen molar-refractivity contribution in [3.05, 3.63) is 0 Å². The van der Waals surface area contributed by atoms with Gasteiger partial charge in [0.1, 0.15) is 0 Å². The van der Waals surface area contributed by atoms with Crippen LogP contribution in [0.25, 0.3) is 0 Å². The topological polar surface area (TPSA) is 0 Å². The van der Waals surface area contributed by atoms with Crippen LogP contribution in [0, 0.1) is 0 Å². The molecule has 0 amide bonds. The molecule has 0 aliphatic carbocycles. The molecule has 0 N–H and O–H groups in total. The van der Waals surface area contributed by atoms with E-state index >= 15 is 0 Å². The molecule has 0 saturated heterocycles. The van der Waals surface area contributed by atoms with Gasteiger partial charge in [-0.2, -0.15) is 0 Å². The van der Waals surface area contributed by atoms with Gasteiger partial charge < -0.3 is 0 Å². The molecule has 0 spiro atoms. The van der Waals surface area contributed by atoms with Crippen LogP contribution in [0.15, 0.2) is 0 Å². The van der Waals surface area contributed by atoms with Crippen molar-refractivity contribution in [2.24, 2.45) is 0 Å². The molecule has 0 fully saturated rings. The average Bonchev–Trinajstić information content (AvgIpc) is 1.69. The Morgan fingerprint density at radius 1 is 0.714 bits per heavy atom. The average molecular weight is 224 g/mol. The number of unbranched alkanes of at least 4 members (excludes halogenated alkanes) is 2. The summed E-state index contributed by atoms with van der Waals surface area (Å²) in [5, 5.41) is 2.86. The molecule has 0 heterocycles. The van der Waals surface area contributed by atoms with Crippen LogP contribution in [0.3, 0.4) is 0 Å². The molecule has 2 heteroatoms. The van der Waals surface area contributed by atoms with E-state index in [0.717, 1.165) is 0 Å². The van der Waals surface area contributed by atoms with Gasteiger partial charge in [-0.15, -0.1) is 0 Å². The number of hydrogen-bond acceptors (Lipinski definition) is 0. The van der Waals surface area contributed by atoms with E-state index in [1.165, 1.54) is 29.7 Å². The standard InChI is InChI=1S/C5H14As2/c6-4-2-1-3-5-7/h1-7H2. The predicted molar refractivity (Wildman–Crippen MR) is 40.6 cm³/mol. The van der Waals surface area contributed by atoms with Gasteiger partial charge in [-0.1, -0.05) is 0 Å². The van der Waals surface area contributed by atoms with Gasteiger partial charge in [0.2, 0.25) is 0 Å². The zero-order valence-corrected chi connectivity index (χ0v) is 9.54. The van der Waals surface area contributed by atoms with Crippen molar-refractivity contribution in [2.45, 2.75) is 29.7 Å². The van der Waals surface area contributed by atoms with E-state index < -0.39 is 0 Å². The summed E-state index contributed by atoms with van der Waals surface area (Å²) in [5.41, 5.74) is 0. The number of hydrogen-bond donors (Lipinski definition) is 0. The van der Waals surface area contributed by atoms with E-state index in [1.54, 1.807) is 0 Å². The van der Waals surface area contributed by atoms with Crippen LogP contribution in [0.2, 0.25) is 10.4 Å². The Hall–Kier alpha value is 1.12. The maximum absolute atomic E-state index is 1.87. The second kappa shape index (κ2) is 7.12. The molecule has 0 aliphatic heterocycles. The Bertz CT molecular complexity index is 25.3. The van der Waals surface area contributed by atoms with Crippen molar-refractivity contribution in [3.8, 4) is 0 Å². The number of rotatable bonds is 4. The molecule has 7 heavy (non-hydrogen) atoms. The van der Waals surface area contributed by atoms with Gasteiger partial charge in [0, 0.05) is 0 Å². The van der Waals surface area contributed by atoms with Gasteiger partial charge in [0.15, 0.2) is 0 Å². The molecule has 0 aromatic rings. The summed E-state index contributed by atoms with van der Waals surface area (Å²) in [4.78, 5) is 0. The van der Waals surface area contributed by atoms with Crippen molar-refractivity contribution in [3.63, 3.8) is 0 Å². The van der Waals surface area contributed by atoms with Crippen molar-refractivity contribution in [1.82, 2.24) is 0 Å². The monoisotopic (exact) mass is 224 g/mol. The normalized spacial score (nSPS) is 9.43. The van der Waals surface area contributed by atoms with Crippen molar-refractivity contribution in [2.75, 3.05) is 0 Å². The molecule has 0 rings (SSSR count). The second-order valence-electron chi connectivity index (χ2n) is 1.64. The van der Waals surface area contributed by atoms with Crippen LogP contribution in [0.4, 0.5) is 0 Å². The maximum atomic E-state index is 1.87. The van der Waals surface area contributed by atoms with Gasteiger partial charge in [-0.3, -0.25) is 0 Å². The van der Waals surface area contributed by atoms with Gasteiger partial charge in [-0.05, 0) is 0 Å². The fourth-order valence-electron chi connectivity index (χ4n) is 0.465. The molecule has 0 aromatic heterocycles. The molecule has 0 aromatic carbocycles. The molecular formula is C5H14As2. The first-order valence-corrected chi connectivity index (χ1v) is 6.24. The first-order valence-electron chi connectivity index (χ1n) is 2.82. The fraction of sp³-hybridized carbons (Fsp3) is 1.00. The third kappa shape index (κ3) is 7.12. The zero-order valence-electron chi connectivity index (χ0n) is 4.69. The quantitative estimate of drug-likeness (QED) is 0.474. The van der Waals surface area contributed by atoms with Crippen LogP contribution in [0.1, 0.15) is 19.3 Å². The first kappa shape index (κ1) is 8.12. The van der Waals surface area contributed by atoms with E-state index in [4.69, 9.17) is 0 Å². The third-order valence-electron chi connectivity index (χ3n) is 0.908. The Morgan fingerprint density at radius 3 is 1.43 bits per heavy atom. The van der Waals surface area contributed by atoms with Crippen molar-refractivity contribution in [1.29, 1.82) is 0 Å². The van der Waals surface area contributed by atoms with Crippen LogP contribution in [0.5, 0.6) is 0 Å². The van der Waals surface area contributed by atoms with E-state index in [0.29, 0.717) is 0 Å². The van der Waals surface area contributed by atoms with Gasteiger partial charge in [-0.25, -0.2) is 0 Å². The summed E-state index contributed by atoms with van der Waals surface area (Å²) in [6.45, 7) is 0. The minimum atomic E-state index is 1.43. The zero-order chi connectivity index (χ0) is 5.54. The molecule has 0 aliphatic rings. The summed E-state index contributed by atoms with van der Waals surface area (Å²) in [7, 11) is 0. The van der Waals surface area contributed by atoms with E-state index in [9.17, 15) is 0 Å². The van der Waals surface area contributed by atoms with Crippen LogP contribution in [-0.2, 0) is 0 Å². The van der Waals surface area contributed by atoms with E-state index in [1.807, 2.05) is 33.7 Å². The summed E-state index contributed by atoms with van der Waals surface area (Å²) in [6, 6.07) is 0. The van der Waals surface area contributed by atoms with E-state index in [2.05, 4.69) is 0 Å². The second-order valence-corrected chi connectivity index (χ2v) is 4.06. The van der Waals surface area contributed by atoms with Crippen LogP contribution >= 0.6 is 0 Å². The van der Waals surface area contributed by atoms with Crippen molar-refractivity contribution < 1.29 is 0 Å². The molecule has 2 atom stereocenters. The van der Waals surface area contributed by atoms with Gasteiger partial charge >= 0.3 is 63.4 Å². The minimum absolute atomic E-state index is 1.43. The molecule has 0 nitrogen and oxygen atoms in total. The Kier molecular flexibility index (Phi) is 8.25. The summed E-state index contributed by atoms with van der Waals surface area (Å²) in [6.07, 6.45) is 4.39. The SMILES string of the molecule is [AsH2]CCCCC[AsH2]. The molecule has 44 valence electrons. The van der Waals surface area contributed by atoms with Crippen molar-refractivity contribution >= 4 is 33.7 Å². The molecule has 0 radical (unpaired) electrons. The third-order valence-corrected chi connectivity index (χ3v) is 2.62. The van der Waals surface area contributed by atoms with E-state index in [-0.39, 0.29) is 0 Å². The van der Waals surface area contributed by atoms with Crippen LogP contribution < -0.4 is 0 Å². The van der Waals surface area contributed by atoms with Gasteiger partial charge in [0.05, 0.1) is 0 Å². The molecular weight excluding hydrogens is 210 g/mol. The molecule has 2 unspecified atom stereocenters. The Morgan fingerprint density at radius 2 is 1.14 bits per heavy atom. The fourth-order valence-corrected chi connectivity index (χ4v) is 1.68. The summed E-state index contributed by atoms with van der Waals surface area (Å²) < 4.78 is 0. The predicted octanol–water partition coefficient (Wildman–Crippen LogP) is 0.259. The summed E-state index contributed by atoms with van der Waals surface area (Å²) in [5.74, 6) is 0. The molecule has 0 bridgehead atoms. The van der Waals surface area contributed by atoms with Crippen LogP contribution in [-0.4, -0.2) is 33.7 Å². The molecule has 0 saturated carbocycles. The summed E-state index contributed by atoms with van der Waals surface area (Å²) >= 11 is 3.75. The Labute approximate surface area is 63.4 Å². The Balaban J connectivity index is 2.45. The van der Waals surface area contributed by atoms with Gasteiger partial charge in [0.25, 0.3) is 0 Å².